The van der Waals surface area contributed by atoms with Crippen molar-refractivity contribution >= 4 is 28.9 Å². The number of amides is 1. The smallest absolute Gasteiger partial charge is 0.221 e. The lowest BCUT2D eigenvalue weighted by Crippen LogP contribution is -2.31. The summed E-state index contributed by atoms with van der Waals surface area (Å²) in [7, 11) is 0. The lowest BCUT2D eigenvalue weighted by Gasteiger charge is -2.20. The zero-order chi connectivity index (χ0) is 15.0. The number of benzene rings is 1. The van der Waals surface area contributed by atoms with Gasteiger partial charge in [-0.05, 0) is 44.4 Å². The lowest BCUT2D eigenvalue weighted by atomic mass is 10.2. The molecule has 1 heterocycles. The van der Waals surface area contributed by atoms with Gasteiger partial charge in [0.25, 0.3) is 0 Å². The van der Waals surface area contributed by atoms with E-state index in [9.17, 15) is 4.79 Å². The van der Waals surface area contributed by atoms with Crippen molar-refractivity contribution in [2.45, 2.75) is 51.2 Å². The molecule has 1 saturated carbocycles. The Balaban J connectivity index is 1.62. The number of nitrogens with zero attached hydrogens (tertiary/aromatic N) is 1. The fourth-order valence-corrected chi connectivity index (χ4v) is 3.44. The Kier molecular flexibility index (Phi) is 4.09. The number of carbonyl (C=O) groups is 1. The third-order valence-corrected chi connectivity index (χ3v) is 4.60. The first-order valence-electron chi connectivity index (χ1n) is 7.62. The molecule has 2 atom stereocenters. The van der Waals surface area contributed by atoms with Gasteiger partial charge in [0.2, 0.25) is 5.91 Å². The Bertz CT molecular complexity index is 544. The van der Waals surface area contributed by atoms with E-state index in [-0.39, 0.29) is 5.91 Å². The Labute approximate surface area is 130 Å². The standard InChI is InChI=1S/C16H22ClN3O/c1-10-7-13(9-20(10)14-4-5-14)19-12-3-6-16(15(17)8-12)18-11(2)21/h3,6,8,10,13-14,19H,4-5,7,9H2,1-2H3,(H,18,21). The van der Waals surface area contributed by atoms with Crippen LogP contribution in [-0.4, -0.2) is 35.5 Å². The Morgan fingerprint density at radius 3 is 2.76 bits per heavy atom. The van der Waals surface area contributed by atoms with Gasteiger partial charge in [-0.3, -0.25) is 9.69 Å². The average molecular weight is 308 g/mol. The van der Waals surface area contributed by atoms with Gasteiger partial charge in [0.05, 0.1) is 10.7 Å². The summed E-state index contributed by atoms with van der Waals surface area (Å²) in [4.78, 5) is 13.7. The summed E-state index contributed by atoms with van der Waals surface area (Å²) in [5.41, 5.74) is 1.68. The van der Waals surface area contributed by atoms with E-state index in [1.807, 2.05) is 18.2 Å². The van der Waals surface area contributed by atoms with Crippen LogP contribution in [0.1, 0.15) is 33.1 Å². The van der Waals surface area contributed by atoms with Crippen LogP contribution in [-0.2, 0) is 4.79 Å². The normalized spacial score (nSPS) is 25.9. The van der Waals surface area contributed by atoms with E-state index >= 15 is 0 Å². The molecule has 0 aromatic heterocycles. The summed E-state index contributed by atoms with van der Waals surface area (Å²) in [6, 6.07) is 7.66. The van der Waals surface area contributed by atoms with E-state index in [0.717, 1.165) is 18.3 Å². The number of anilines is 2. The van der Waals surface area contributed by atoms with Crippen LogP contribution in [0.4, 0.5) is 11.4 Å². The zero-order valence-corrected chi connectivity index (χ0v) is 13.3. The van der Waals surface area contributed by atoms with Crippen molar-refractivity contribution in [3.8, 4) is 0 Å². The molecule has 0 spiro atoms. The molecule has 3 rings (SSSR count). The Morgan fingerprint density at radius 1 is 1.38 bits per heavy atom. The second kappa shape index (κ2) is 5.85. The van der Waals surface area contributed by atoms with Gasteiger partial charge in [-0.15, -0.1) is 0 Å². The van der Waals surface area contributed by atoms with E-state index in [4.69, 9.17) is 11.6 Å². The molecule has 21 heavy (non-hydrogen) atoms. The predicted octanol–water partition coefficient (Wildman–Crippen LogP) is 3.34. The first kappa shape index (κ1) is 14.7. The van der Waals surface area contributed by atoms with Gasteiger partial charge in [0.15, 0.2) is 0 Å². The highest BCUT2D eigenvalue weighted by atomic mass is 35.5. The van der Waals surface area contributed by atoms with E-state index < -0.39 is 0 Å². The van der Waals surface area contributed by atoms with Crippen molar-refractivity contribution in [1.82, 2.24) is 4.90 Å². The third-order valence-electron chi connectivity index (χ3n) is 4.29. The van der Waals surface area contributed by atoms with Crippen LogP contribution >= 0.6 is 11.6 Å². The number of hydrogen-bond donors (Lipinski definition) is 2. The molecule has 2 unspecified atom stereocenters. The van der Waals surface area contributed by atoms with Crippen molar-refractivity contribution in [3.63, 3.8) is 0 Å². The minimum atomic E-state index is -0.109. The van der Waals surface area contributed by atoms with E-state index in [1.54, 1.807) is 0 Å². The van der Waals surface area contributed by atoms with Gasteiger partial charge in [0, 0.05) is 37.3 Å². The number of rotatable bonds is 4. The van der Waals surface area contributed by atoms with Crippen LogP contribution in [0, 0.1) is 0 Å². The second-order valence-corrected chi connectivity index (χ2v) is 6.64. The third kappa shape index (κ3) is 3.50. The monoisotopic (exact) mass is 307 g/mol. The predicted molar refractivity (Wildman–Crippen MR) is 87.0 cm³/mol. The van der Waals surface area contributed by atoms with E-state index in [1.165, 1.54) is 26.2 Å². The molecule has 114 valence electrons. The topological polar surface area (TPSA) is 44.4 Å². The summed E-state index contributed by atoms with van der Waals surface area (Å²) in [5, 5.41) is 6.86. The zero-order valence-electron chi connectivity index (χ0n) is 12.5. The molecule has 1 aromatic rings. The average Bonchev–Trinajstić information content (AvgIpc) is 3.17. The van der Waals surface area contributed by atoms with Crippen molar-refractivity contribution in [2.24, 2.45) is 0 Å². The minimum absolute atomic E-state index is 0.109. The van der Waals surface area contributed by atoms with E-state index in [2.05, 4.69) is 22.5 Å². The maximum absolute atomic E-state index is 11.1. The summed E-state index contributed by atoms with van der Waals surface area (Å²) >= 11 is 6.21. The first-order chi connectivity index (χ1) is 10.0. The molecule has 1 aliphatic carbocycles. The molecule has 0 radical (unpaired) electrons. The van der Waals surface area contributed by atoms with Crippen LogP contribution < -0.4 is 10.6 Å². The highest BCUT2D eigenvalue weighted by molar-refractivity contribution is 6.34. The van der Waals surface area contributed by atoms with Crippen LogP contribution in [0.25, 0.3) is 0 Å². The summed E-state index contributed by atoms with van der Waals surface area (Å²) in [6.07, 6.45) is 3.88. The fraction of sp³-hybridized carbons (Fsp3) is 0.562. The molecular weight excluding hydrogens is 286 g/mol. The molecule has 4 nitrogen and oxygen atoms in total. The van der Waals surface area contributed by atoms with Gasteiger partial charge in [-0.25, -0.2) is 0 Å². The van der Waals surface area contributed by atoms with Crippen LogP contribution in [0.15, 0.2) is 18.2 Å². The highest BCUT2D eigenvalue weighted by Crippen LogP contribution is 2.34. The largest absolute Gasteiger partial charge is 0.381 e. The number of hydrogen-bond acceptors (Lipinski definition) is 3. The van der Waals surface area contributed by atoms with Crippen molar-refractivity contribution < 1.29 is 4.79 Å². The highest BCUT2D eigenvalue weighted by Gasteiger charge is 2.38. The van der Waals surface area contributed by atoms with Gasteiger partial charge in [-0.2, -0.15) is 0 Å². The van der Waals surface area contributed by atoms with Crippen molar-refractivity contribution in [1.29, 1.82) is 0 Å². The number of carbonyl (C=O) groups excluding carboxylic acids is 1. The molecule has 2 N–H and O–H groups in total. The number of nitrogens with one attached hydrogen (secondary N) is 2. The molecule has 1 saturated heterocycles. The number of likely N-dealkylation sites (tertiary alicyclic amines) is 1. The first-order valence-corrected chi connectivity index (χ1v) is 8.00. The SMILES string of the molecule is CC(=O)Nc1ccc(NC2CC(C)N(C3CC3)C2)cc1Cl. The van der Waals surface area contributed by atoms with Crippen LogP contribution in [0.2, 0.25) is 5.02 Å². The number of halogens is 1. The molecule has 1 amide bonds. The lowest BCUT2D eigenvalue weighted by molar-refractivity contribution is -0.114. The molecule has 1 aliphatic heterocycles. The quantitative estimate of drug-likeness (QED) is 0.897. The second-order valence-electron chi connectivity index (χ2n) is 6.23. The van der Waals surface area contributed by atoms with Crippen molar-refractivity contribution in [2.75, 3.05) is 17.2 Å². The maximum atomic E-state index is 11.1. The van der Waals surface area contributed by atoms with Gasteiger partial charge in [0.1, 0.15) is 0 Å². The molecule has 2 aliphatic rings. The maximum Gasteiger partial charge on any atom is 0.221 e. The minimum Gasteiger partial charge on any atom is -0.381 e. The van der Waals surface area contributed by atoms with Gasteiger partial charge >= 0.3 is 0 Å². The van der Waals surface area contributed by atoms with Crippen molar-refractivity contribution in [3.05, 3.63) is 23.2 Å². The molecular formula is C16H22ClN3O. The molecule has 5 heteroatoms. The molecule has 1 aromatic carbocycles. The fourth-order valence-electron chi connectivity index (χ4n) is 3.21. The van der Waals surface area contributed by atoms with Gasteiger partial charge < -0.3 is 10.6 Å². The summed E-state index contributed by atoms with van der Waals surface area (Å²) in [6.45, 7) is 4.90. The Hall–Kier alpha value is -1.26. The van der Waals surface area contributed by atoms with Crippen LogP contribution in [0.3, 0.4) is 0 Å². The molecule has 2 fully saturated rings. The van der Waals surface area contributed by atoms with E-state index in [0.29, 0.717) is 22.8 Å². The molecule has 0 bridgehead atoms. The Morgan fingerprint density at radius 2 is 2.14 bits per heavy atom. The van der Waals surface area contributed by atoms with Crippen LogP contribution in [0.5, 0.6) is 0 Å². The summed E-state index contributed by atoms with van der Waals surface area (Å²) in [5.74, 6) is -0.109. The van der Waals surface area contributed by atoms with Gasteiger partial charge in [-0.1, -0.05) is 11.6 Å². The summed E-state index contributed by atoms with van der Waals surface area (Å²) < 4.78 is 0.